The highest BCUT2D eigenvalue weighted by Crippen LogP contribution is 2.30. The molecule has 1 N–H and O–H groups in total. The molecule has 25 heavy (non-hydrogen) atoms. The minimum Gasteiger partial charge on any atom is -0.323 e. The molecule has 2 aromatic rings. The normalized spacial score (nSPS) is 18.1. The zero-order valence-electron chi connectivity index (χ0n) is 14.0. The Kier molecular flexibility index (Phi) is 3.93. The summed E-state index contributed by atoms with van der Waals surface area (Å²) in [6, 6.07) is 7.05. The summed E-state index contributed by atoms with van der Waals surface area (Å²) in [7, 11) is 0. The zero-order chi connectivity index (χ0) is 17.4. The monoisotopic (exact) mass is 337 g/mol. The number of benzene rings is 1. The molecule has 0 bridgehead atoms. The highest BCUT2D eigenvalue weighted by molar-refractivity contribution is 6.11. The molecule has 0 fully saturated rings. The molecule has 1 unspecified atom stereocenters. The minimum atomic E-state index is -0.331. The Balaban J connectivity index is 1.56. The number of aromatic nitrogens is 2. The van der Waals surface area contributed by atoms with E-state index in [1.165, 1.54) is 0 Å². The molecule has 0 radical (unpaired) electrons. The van der Waals surface area contributed by atoms with Crippen molar-refractivity contribution in [2.45, 2.75) is 25.9 Å². The van der Waals surface area contributed by atoms with Crippen molar-refractivity contribution >= 4 is 23.2 Å². The van der Waals surface area contributed by atoms with E-state index in [2.05, 4.69) is 20.2 Å². The van der Waals surface area contributed by atoms with Crippen molar-refractivity contribution in [2.75, 3.05) is 23.3 Å². The Morgan fingerprint density at radius 2 is 2.12 bits per heavy atom. The Labute approximate surface area is 145 Å². The smallest absolute Gasteiger partial charge is 0.244 e. The standard InChI is InChI=1S/C18H19N5O2/c1-12(22-7-6-13-8-19-11-20-15(13)9-22)18(25)23-10-17(24)21-14-4-2-3-5-16(14)23/h2-5,8,11-12H,6-7,9-10H2,1H3,(H,21,24). The van der Waals surface area contributed by atoms with E-state index < -0.39 is 0 Å². The lowest BCUT2D eigenvalue weighted by atomic mass is 10.0. The maximum Gasteiger partial charge on any atom is 0.244 e. The number of anilines is 2. The van der Waals surface area contributed by atoms with Gasteiger partial charge in [-0.1, -0.05) is 12.1 Å². The van der Waals surface area contributed by atoms with E-state index >= 15 is 0 Å². The first-order chi connectivity index (χ1) is 12.1. The Morgan fingerprint density at radius 1 is 1.28 bits per heavy atom. The van der Waals surface area contributed by atoms with Crippen LogP contribution >= 0.6 is 0 Å². The third kappa shape index (κ3) is 2.87. The van der Waals surface area contributed by atoms with Gasteiger partial charge in [-0.05, 0) is 31.0 Å². The van der Waals surface area contributed by atoms with Crippen LogP contribution in [0.2, 0.25) is 0 Å². The first kappa shape index (κ1) is 15.7. The number of nitrogens with one attached hydrogen (secondary N) is 1. The quantitative estimate of drug-likeness (QED) is 0.891. The third-order valence-electron chi connectivity index (χ3n) is 4.84. The summed E-state index contributed by atoms with van der Waals surface area (Å²) in [6.45, 7) is 3.33. The number of nitrogens with zero attached hydrogens (tertiary/aromatic N) is 4. The summed E-state index contributed by atoms with van der Waals surface area (Å²) in [5, 5.41) is 2.81. The lowest BCUT2D eigenvalue weighted by Gasteiger charge is -2.36. The van der Waals surface area contributed by atoms with Crippen molar-refractivity contribution in [1.82, 2.24) is 14.9 Å². The number of carbonyl (C=O) groups excluding carboxylic acids is 2. The molecule has 0 spiro atoms. The van der Waals surface area contributed by atoms with Gasteiger partial charge in [-0.15, -0.1) is 0 Å². The van der Waals surface area contributed by atoms with Gasteiger partial charge in [-0.25, -0.2) is 9.97 Å². The third-order valence-corrected chi connectivity index (χ3v) is 4.84. The van der Waals surface area contributed by atoms with Crippen molar-refractivity contribution in [3.05, 3.63) is 48.0 Å². The summed E-state index contributed by atoms with van der Waals surface area (Å²) < 4.78 is 0. The predicted molar refractivity (Wildman–Crippen MR) is 93.0 cm³/mol. The van der Waals surface area contributed by atoms with Crippen LogP contribution in [0.15, 0.2) is 36.8 Å². The Morgan fingerprint density at radius 3 is 3.00 bits per heavy atom. The molecule has 2 amide bonds. The van der Waals surface area contributed by atoms with Crippen LogP contribution in [0.4, 0.5) is 11.4 Å². The van der Waals surface area contributed by atoms with Crippen LogP contribution in [-0.2, 0) is 22.6 Å². The summed E-state index contributed by atoms with van der Waals surface area (Å²) >= 11 is 0. The van der Waals surface area contributed by atoms with Crippen LogP contribution in [0, 0.1) is 0 Å². The van der Waals surface area contributed by atoms with Crippen molar-refractivity contribution in [3.8, 4) is 0 Å². The lowest BCUT2D eigenvalue weighted by Crippen LogP contribution is -2.52. The van der Waals surface area contributed by atoms with Gasteiger partial charge in [0.05, 0.1) is 23.1 Å². The van der Waals surface area contributed by atoms with E-state index in [9.17, 15) is 9.59 Å². The molecule has 1 aromatic heterocycles. The summed E-state index contributed by atoms with van der Waals surface area (Å²) in [5.41, 5.74) is 3.54. The van der Waals surface area contributed by atoms with Crippen LogP contribution in [-0.4, -0.2) is 45.8 Å². The summed E-state index contributed by atoms with van der Waals surface area (Å²) in [6.07, 6.45) is 4.21. The van der Waals surface area contributed by atoms with Gasteiger partial charge in [0.1, 0.15) is 12.9 Å². The van der Waals surface area contributed by atoms with Gasteiger partial charge in [-0.2, -0.15) is 0 Å². The molecule has 3 heterocycles. The van der Waals surface area contributed by atoms with E-state index in [-0.39, 0.29) is 24.4 Å². The zero-order valence-corrected chi connectivity index (χ0v) is 14.0. The maximum atomic E-state index is 13.1. The highest BCUT2D eigenvalue weighted by Gasteiger charge is 2.33. The molecular weight excluding hydrogens is 318 g/mol. The molecule has 2 aliphatic heterocycles. The summed E-state index contributed by atoms with van der Waals surface area (Å²) in [5.74, 6) is -0.240. The minimum absolute atomic E-state index is 0.0484. The molecule has 7 nitrogen and oxygen atoms in total. The van der Waals surface area contributed by atoms with E-state index in [1.807, 2.05) is 37.4 Å². The number of hydrogen-bond donors (Lipinski definition) is 1. The molecule has 0 saturated heterocycles. The molecule has 0 saturated carbocycles. The van der Waals surface area contributed by atoms with Crippen molar-refractivity contribution < 1.29 is 9.59 Å². The van der Waals surface area contributed by atoms with Gasteiger partial charge in [0.2, 0.25) is 11.8 Å². The fourth-order valence-electron chi connectivity index (χ4n) is 3.41. The van der Waals surface area contributed by atoms with Crippen LogP contribution in [0.1, 0.15) is 18.2 Å². The van der Waals surface area contributed by atoms with E-state index in [0.29, 0.717) is 12.2 Å². The van der Waals surface area contributed by atoms with Crippen LogP contribution in [0.25, 0.3) is 0 Å². The number of amides is 2. The lowest BCUT2D eigenvalue weighted by molar-refractivity contribution is -0.125. The second kappa shape index (κ2) is 6.25. The number of fused-ring (bicyclic) bond motifs is 2. The number of rotatable bonds is 2. The van der Waals surface area contributed by atoms with Gasteiger partial charge < -0.3 is 5.32 Å². The first-order valence-corrected chi connectivity index (χ1v) is 8.35. The van der Waals surface area contributed by atoms with Gasteiger partial charge >= 0.3 is 0 Å². The SMILES string of the molecule is CC(C(=O)N1CC(=O)Nc2ccccc21)N1CCc2cncnc2C1. The molecule has 1 aromatic carbocycles. The Hall–Kier alpha value is -2.80. The second-order valence-corrected chi connectivity index (χ2v) is 6.38. The molecule has 1 atom stereocenters. The maximum absolute atomic E-state index is 13.1. The Bertz CT molecular complexity index is 838. The molecule has 0 aliphatic carbocycles. The molecule has 4 rings (SSSR count). The number of hydrogen-bond acceptors (Lipinski definition) is 5. The fourth-order valence-corrected chi connectivity index (χ4v) is 3.41. The van der Waals surface area contributed by atoms with Gasteiger partial charge in [0.15, 0.2) is 0 Å². The highest BCUT2D eigenvalue weighted by atomic mass is 16.2. The van der Waals surface area contributed by atoms with Gasteiger partial charge in [0, 0.05) is 19.3 Å². The molecular formula is C18H19N5O2. The molecule has 128 valence electrons. The van der Waals surface area contributed by atoms with Crippen molar-refractivity contribution in [1.29, 1.82) is 0 Å². The van der Waals surface area contributed by atoms with Crippen LogP contribution in [0.3, 0.4) is 0 Å². The number of carbonyl (C=O) groups is 2. The van der Waals surface area contributed by atoms with E-state index in [1.54, 1.807) is 11.2 Å². The predicted octanol–water partition coefficient (Wildman–Crippen LogP) is 1.21. The number of para-hydroxylation sites is 2. The van der Waals surface area contributed by atoms with Crippen LogP contribution < -0.4 is 10.2 Å². The average Bonchev–Trinajstić information content (AvgIpc) is 2.65. The van der Waals surface area contributed by atoms with Crippen molar-refractivity contribution in [3.63, 3.8) is 0 Å². The largest absolute Gasteiger partial charge is 0.323 e. The van der Waals surface area contributed by atoms with E-state index in [4.69, 9.17) is 0 Å². The first-order valence-electron chi connectivity index (χ1n) is 8.35. The molecule has 7 heteroatoms. The molecule has 2 aliphatic rings. The van der Waals surface area contributed by atoms with Crippen molar-refractivity contribution in [2.24, 2.45) is 0 Å². The topological polar surface area (TPSA) is 78.4 Å². The average molecular weight is 337 g/mol. The van der Waals surface area contributed by atoms with E-state index in [0.717, 1.165) is 29.9 Å². The second-order valence-electron chi connectivity index (χ2n) is 6.38. The van der Waals surface area contributed by atoms with Gasteiger partial charge in [0.25, 0.3) is 0 Å². The van der Waals surface area contributed by atoms with Crippen LogP contribution in [0.5, 0.6) is 0 Å². The summed E-state index contributed by atoms with van der Waals surface area (Å²) in [4.78, 5) is 37.1. The van der Waals surface area contributed by atoms with Gasteiger partial charge in [-0.3, -0.25) is 19.4 Å². The fraction of sp³-hybridized carbons (Fsp3) is 0.333.